The summed E-state index contributed by atoms with van der Waals surface area (Å²) in [5.74, 6) is 0.357. The first-order valence-electron chi connectivity index (χ1n) is 6.40. The number of benzene rings is 1. The maximum Gasteiger partial charge on any atom is 0.416 e. The highest BCUT2D eigenvalue weighted by molar-refractivity contribution is 5.50. The van der Waals surface area contributed by atoms with Gasteiger partial charge in [0.25, 0.3) is 0 Å². The van der Waals surface area contributed by atoms with E-state index < -0.39 is 11.7 Å². The summed E-state index contributed by atoms with van der Waals surface area (Å²) >= 11 is 0. The third-order valence-electron chi connectivity index (χ3n) is 3.61. The Labute approximate surface area is 111 Å². The van der Waals surface area contributed by atoms with E-state index in [1.54, 1.807) is 6.07 Å². The molecule has 1 saturated heterocycles. The average molecular weight is 273 g/mol. The van der Waals surface area contributed by atoms with Crippen molar-refractivity contribution in [2.24, 2.45) is 5.92 Å². The molecule has 1 fully saturated rings. The summed E-state index contributed by atoms with van der Waals surface area (Å²) in [6.07, 6.45) is -3.35. The zero-order chi connectivity index (χ0) is 14.0. The highest BCUT2D eigenvalue weighted by atomic mass is 19.4. The lowest BCUT2D eigenvalue weighted by atomic mass is 10.00. The Balaban J connectivity index is 2.12. The lowest BCUT2D eigenvalue weighted by Gasteiger charge is -2.21. The standard InChI is InChI=1S/C14H18F3NO/c1-9-3-4-12(7-13(9)14(15,16)17)18-10(2)11-5-6-19-8-11/h3-4,7,10-11,18H,5-6,8H2,1-2H3. The first-order valence-corrected chi connectivity index (χ1v) is 6.40. The number of alkyl halides is 3. The smallest absolute Gasteiger partial charge is 0.382 e. The molecule has 5 heteroatoms. The van der Waals surface area contributed by atoms with Gasteiger partial charge in [-0.25, -0.2) is 0 Å². The SMILES string of the molecule is Cc1ccc(NC(C)C2CCOC2)cc1C(F)(F)F. The second-order valence-electron chi connectivity index (χ2n) is 5.08. The summed E-state index contributed by atoms with van der Waals surface area (Å²) < 4.78 is 43.8. The Kier molecular flexibility index (Phi) is 4.04. The van der Waals surface area contributed by atoms with Gasteiger partial charge in [-0.15, -0.1) is 0 Å². The summed E-state index contributed by atoms with van der Waals surface area (Å²) in [6.45, 7) is 4.86. The molecule has 0 saturated carbocycles. The summed E-state index contributed by atoms with van der Waals surface area (Å²) in [5.41, 5.74) is 0.180. The summed E-state index contributed by atoms with van der Waals surface area (Å²) in [5, 5.41) is 3.14. The Morgan fingerprint density at radius 1 is 1.37 bits per heavy atom. The van der Waals surface area contributed by atoms with Gasteiger partial charge in [0.05, 0.1) is 12.2 Å². The maximum atomic E-state index is 12.8. The third kappa shape index (κ3) is 3.41. The molecule has 1 aromatic carbocycles. The van der Waals surface area contributed by atoms with Crippen LogP contribution in [-0.4, -0.2) is 19.3 Å². The van der Waals surface area contributed by atoms with Gasteiger partial charge >= 0.3 is 6.18 Å². The van der Waals surface area contributed by atoms with Crippen molar-refractivity contribution in [3.05, 3.63) is 29.3 Å². The predicted octanol–water partition coefficient (Wildman–Crippen LogP) is 3.85. The molecule has 2 nitrogen and oxygen atoms in total. The van der Waals surface area contributed by atoms with Gasteiger partial charge < -0.3 is 10.1 Å². The molecular weight excluding hydrogens is 255 g/mol. The predicted molar refractivity (Wildman–Crippen MR) is 68.2 cm³/mol. The summed E-state index contributed by atoms with van der Waals surface area (Å²) in [6, 6.07) is 4.48. The number of ether oxygens (including phenoxy) is 1. The molecule has 19 heavy (non-hydrogen) atoms. The molecule has 2 rings (SSSR count). The number of hydrogen-bond donors (Lipinski definition) is 1. The van der Waals surface area contributed by atoms with E-state index >= 15 is 0 Å². The van der Waals surface area contributed by atoms with Crippen molar-refractivity contribution in [2.75, 3.05) is 18.5 Å². The quantitative estimate of drug-likeness (QED) is 0.903. The number of aryl methyl sites for hydroxylation is 1. The molecule has 0 bridgehead atoms. The van der Waals surface area contributed by atoms with Crippen LogP contribution >= 0.6 is 0 Å². The van der Waals surface area contributed by atoms with Gasteiger partial charge in [0.1, 0.15) is 0 Å². The van der Waals surface area contributed by atoms with E-state index in [1.807, 2.05) is 6.92 Å². The molecular formula is C14H18F3NO. The fourth-order valence-corrected chi connectivity index (χ4v) is 2.35. The number of hydrogen-bond acceptors (Lipinski definition) is 2. The van der Waals surface area contributed by atoms with Crippen LogP contribution in [0.2, 0.25) is 0 Å². The molecule has 1 heterocycles. The molecule has 0 radical (unpaired) electrons. The minimum atomic E-state index is -4.30. The lowest BCUT2D eigenvalue weighted by Crippen LogP contribution is -2.26. The highest BCUT2D eigenvalue weighted by Gasteiger charge is 2.32. The number of halogens is 3. The monoisotopic (exact) mass is 273 g/mol. The van der Waals surface area contributed by atoms with Gasteiger partial charge in [-0.05, 0) is 38.0 Å². The third-order valence-corrected chi connectivity index (χ3v) is 3.61. The van der Waals surface area contributed by atoms with Gasteiger partial charge in [-0.2, -0.15) is 13.2 Å². The normalized spacial score (nSPS) is 21.4. The fourth-order valence-electron chi connectivity index (χ4n) is 2.35. The Hall–Kier alpha value is -1.23. The molecule has 1 aliphatic rings. The van der Waals surface area contributed by atoms with Crippen molar-refractivity contribution in [3.8, 4) is 0 Å². The van der Waals surface area contributed by atoms with Crippen LogP contribution in [0.1, 0.15) is 24.5 Å². The molecule has 1 aromatic rings. The van der Waals surface area contributed by atoms with Crippen molar-refractivity contribution in [3.63, 3.8) is 0 Å². The van der Waals surface area contributed by atoms with Crippen molar-refractivity contribution in [1.29, 1.82) is 0 Å². The fraction of sp³-hybridized carbons (Fsp3) is 0.571. The second-order valence-corrected chi connectivity index (χ2v) is 5.08. The van der Waals surface area contributed by atoms with Crippen molar-refractivity contribution >= 4 is 5.69 Å². The molecule has 106 valence electrons. The topological polar surface area (TPSA) is 21.3 Å². The van der Waals surface area contributed by atoms with Crippen LogP contribution in [0.25, 0.3) is 0 Å². The molecule has 2 atom stereocenters. The largest absolute Gasteiger partial charge is 0.416 e. The van der Waals surface area contributed by atoms with Crippen LogP contribution in [0, 0.1) is 12.8 Å². The van der Waals surface area contributed by atoms with Crippen LogP contribution in [0.5, 0.6) is 0 Å². The first kappa shape index (κ1) is 14.2. The van der Waals surface area contributed by atoms with Crippen molar-refractivity contribution < 1.29 is 17.9 Å². The van der Waals surface area contributed by atoms with Crippen LogP contribution in [0.3, 0.4) is 0 Å². The molecule has 0 amide bonds. The number of anilines is 1. The highest BCUT2D eigenvalue weighted by Crippen LogP contribution is 2.33. The Morgan fingerprint density at radius 3 is 2.68 bits per heavy atom. The lowest BCUT2D eigenvalue weighted by molar-refractivity contribution is -0.138. The zero-order valence-corrected chi connectivity index (χ0v) is 11.1. The van der Waals surface area contributed by atoms with E-state index in [0.717, 1.165) is 13.0 Å². The van der Waals surface area contributed by atoms with E-state index in [4.69, 9.17) is 4.74 Å². The Morgan fingerprint density at radius 2 is 2.11 bits per heavy atom. The molecule has 0 spiro atoms. The number of rotatable bonds is 3. The van der Waals surface area contributed by atoms with Gasteiger partial charge in [0.2, 0.25) is 0 Å². The second kappa shape index (κ2) is 5.41. The minimum Gasteiger partial charge on any atom is -0.382 e. The zero-order valence-electron chi connectivity index (χ0n) is 11.1. The van der Waals surface area contributed by atoms with Gasteiger partial charge in [0.15, 0.2) is 0 Å². The number of nitrogens with one attached hydrogen (secondary N) is 1. The van der Waals surface area contributed by atoms with Crippen molar-refractivity contribution in [1.82, 2.24) is 0 Å². The van der Waals surface area contributed by atoms with Gasteiger partial charge in [-0.1, -0.05) is 6.07 Å². The minimum absolute atomic E-state index is 0.103. The van der Waals surface area contributed by atoms with Crippen molar-refractivity contribution in [2.45, 2.75) is 32.5 Å². The molecule has 1 N–H and O–H groups in total. The molecule has 0 aliphatic carbocycles. The average Bonchev–Trinajstić information content (AvgIpc) is 2.83. The van der Waals surface area contributed by atoms with E-state index in [2.05, 4.69) is 5.32 Å². The summed E-state index contributed by atoms with van der Waals surface area (Å²) in [4.78, 5) is 0. The maximum absolute atomic E-state index is 12.8. The van der Waals surface area contributed by atoms with E-state index in [0.29, 0.717) is 18.2 Å². The van der Waals surface area contributed by atoms with E-state index in [-0.39, 0.29) is 11.6 Å². The molecule has 2 unspecified atom stereocenters. The van der Waals surface area contributed by atoms with Crippen LogP contribution in [0.15, 0.2) is 18.2 Å². The van der Waals surface area contributed by atoms with Crippen LogP contribution in [-0.2, 0) is 10.9 Å². The first-order chi connectivity index (χ1) is 8.88. The van der Waals surface area contributed by atoms with Gasteiger partial charge in [-0.3, -0.25) is 0 Å². The Bertz CT molecular complexity index is 439. The van der Waals surface area contributed by atoms with E-state index in [9.17, 15) is 13.2 Å². The van der Waals surface area contributed by atoms with Gasteiger partial charge in [0, 0.05) is 24.3 Å². The van der Waals surface area contributed by atoms with E-state index in [1.165, 1.54) is 19.1 Å². The molecule has 1 aliphatic heterocycles. The molecule has 0 aromatic heterocycles. The van der Waals surface area contributed by atoms with Crippen LogP contribution in [0.4, 0.5) is 18.9 Å². The summed E-state index contributed by atoms with van der Waals surface area (Å²) in [7, 11) is 0. The van der Waals surface area contributed by atoms with Crippen LogP contribution < -0.4 is 5.32 Å².